The fourth-order valence-corrected chi connectivity index (χ4v) is 2.91. The number of anilines is 2. The van der Waals surface area contributed by atoms with Gasteiger partial charge in [0, 0.05) is 29.1 Å². The van der Waals surface area contributed by atoms with E-state index in [0.29, 0.717) is 24.2 Å². The highest BCUT2D eigenvalue weighted by Gasteiger charge is 2.26. The predicted molar refractivity (Wildman–Crippen MR) is 101 cm³/mol. The van der Waals surface area contributed by atoms with Gasteiger partial charge < -0.3 is 15.5 Å². The van der Waals surface area contributed by atoms with Gasteiger partial charge in [0.1, 0.15) is 0 Å². The second kappa shape index (κ2) is 7.36. The highest BCUT2D eigenvalue weighted by Crippen LogP contribution is 2.29. The molecule has 2 amide bonds. The summed E-state index contributed by atoms with van der Waals surface area (Å²) in [5, 5.41) is 20.7. The van der Waals surface area contributed by atoms with Crippen molar-refractivity contribution in [3.8, 4) is 0 Å². The van der Waals surface area contributed by atoms with E-state index in [2.05, 4.69) is 11.9 Å². The van der Waals surface area contributed by atoms with Gasteiger partial charge in [-0.3, -0.25) is 14.5 Å². The van der Waals surface area contributed by atoms with Crippen molar-refractivity contribution in [3.05, 3.63) is 71.4 Å². The number of amides is 2. The molecule has 1 saturated heterocycles. The van der Waals surface area contributed by atoms with Crippen LogP contribution in [0.15, 0.2) is 54.7 Å². The molecule has 0 aromatic heterocycles. The summed E-state index contributed by atoms with van der Waals surface area (Å²) in [5.74, 6) is -3.31. The Morgan fingerprint density at radius 3 is 2.11 bits per heavy atom. The molecular weight excluding hydrogens is 364 g/mol. The first-order valence-electron chi connectivity index (χ1n) is 8.30. The summed E-state index contributed by atoms with van der Waals surface area (Å²) in [5.41, 5.74) is 0.885. The Labute approximate surface area is 159 Å². The van der Waals surface area contributed by atoms with Crippen LogP contribution in [-0.4, -0.2) is 34.0 Å². The monoisotopic (exact) mass is 380 g/mol. The van der Waals surface area contributed by atoms with Crippen molar-refractivity contribution in [2.24, 2.45) is 0 Å². The Morgan fingerprint density at radius 1 is 0.929 bits per heavy atom. The molecule has 1 aliphatic rings. The highest BCUT2D eigenvalue weighted by molar-refractivity contribution is 6.07. The minimum atomic E-state index is -1.31. The van der Waals surface area contributed by atoms with Crippen molar-refractivity contribution in [1.29, 1.82) is 0 Å². The van der Waals surface area contributed by atoms with Crippen LogP contribution in [0.5, 0.6) is 0 Å². The molecule has 142 valence electrons. The molecule has 0 saturated carbocycles. The maximum atomic E-state index is 12.6. The number of carboxylic acids is 2. The normalized spacial score (nSPS) is 13.5. The number of nitrogens with zero attached hydrogens (tertiary/aromatic N) is 1. The van der Waals surface area contributed by atoms with Gasteiger partial charge >= 0.3 is 11.9 Å². The van der Waals surface area contributed by atoms with E-state index in [1.165, 1.54) is 29.2 Å². The van der Waals surface area contributed by atoms with Crippen molar-refractivity contribution in [2.75, 3.05) is 10.2 Å². The van der Waals surface area contributed by atoms with E-state index < -0.39 is 17.8 Å². The Bertz CT molecular complexity index is 979. The lowest BCUT2D eigenvalue weighted by atomic mass is 10.1. The summed E-state index contributed by atoms with van der Waals surface area (Å²) in [4.78, 5) is 48.4. The molecule has 28 heavy (non-hydrogen) atoms. The number of aromatic carboxylic acids is 2. The minimum absolute atomic E-state index is 0.0364. The van der Waals surface area contributed by atoms with Gasteiger partial charge in [0.05, 0.1) is 11.1 Å². The number of hydrogen-bond acceptors (Lipinski definition) is 4. The van der Waals surface area contributed by atoms with Gasteiger partial charge in [-0.1, -0.05) is 12.6 Å². The van der Waals surface area contributed by atoms with E-state index in [1.54, 1.807) is 12.1 Å². The van der Waals surface area contributed by atoms with Crippen LogP contribution >= 0.6 is 0 Å². The highest BCUT2D eigenvalue weighted by atomic mass is 16.4. The molecule has 0 atom stereocenters. The fourth-order valence-electron chi connectivity index (χ4n) is 2.91. The minimum Gasteiger partial charge on any atom is -0.478 e. The Kier molecular flexibility index (Phi) is 4.95. The van der Waals surface area contributed by atoms with Crippen LogP contribution in [0.25, 0.3) is 0 Å². The zero-order valence-electron chi connectivity index (χ0n) is 14.6. The third-order valence-electron chi connectivity index (χ3n) is 4.24. The lowest BCUT2D eigenvalue weighted by molar-refractivity contribution is -0.116. The number of carbonyl (C=O) groups excluding carboxylic acids is 2. The SMILES string of the molecule is C=C1CCC(=O)N1c1cccc(C(=O)Nc2cc(C(=O)O)cc(C(=O)O)c2)c1. The van der Waals surface area contributed by atoms with Crippen molar-refractivity contribution in [1.82, 2.24) is 0 Å². The average molecular weight is 380 g/mol. The summed E-state index contributed by atoms with van der Waals surface area (Å²) in [6.45, 7) is 3.85. The van der Waals surface area contributed by atoms with Gasteiger partial charge in [-0.2, -0.15) is 0 Å². The van der Waals surface area contributed by atoms with Crippen molar-refractivity contribution >= 4 is 35.1 Å². The predicted octanol–water partition coefficient (Wildman–Crippen LogP) is 2.98. The Morgan fingerprint density at radius 2 is 1.57 bits per heavy atom. The number of allylic oxidation sites excluding steroid dienone is 1. The molecule has 0 unspecified atom stereocenters. The molecule has 0 spiro atoms. The molecule has 0 bridgehead atoms. The molecule has 8 nitrogen and oxygen atoms in total. The van der Waals surface area contributed by atoms with Crippen LogP contribution in [0.4, 0.5) is 11.4 Å². The second-order valence-electron chi connectivity index (χ2n) is 6.21. The maximum absolute atomic E-state index is 12.6. The van der Waals surface area contributed by atoms with Crippen LogP contribution < -0.4 is 10.2 Å². The molecule has 1 aliphatic heterocycles. The zero-order valence-corrected chi connectivity index (χ0v) is 14.6. The Balaban J connectivity index is 1.89. The second-order valence-corrected chi connectivity index (χ2v) is 6.21. The summed E-state index contributed by atoms with van der Waals surface area (Å²) in [7, 11) is 0. The van der Waals surface area contributed by atoms with Gasteiger partial charge in [0.25, 0.3) is 5.91 Å². The lowest BCUT2D eigenvalue weighted by Gasteiger charge is -2.18. The van der Waals surface area contributed by atoms with E-state index in [0.717, 1.165) is 6.07 Å². The van der Waals surface area contributed by atoms with Gasteiger partial charge in [-0.15, -0.1) is 0 Å². The number of carbonyl (C=O) groups is 4. The first kappa shape index (κ1) is 18.8. The quantitative estimate of drug-likeness (QED) is 0.733. The van der Waals surface area contributed by atoms with Gasteiger partial charge in [-0.05, 0) is 42.8 Å². The van der Waals surface area contributed by atoms with Crippen molar-refractivity contribution in [3.63, 3.8) is 0 Å². The molecule has 1 fully saturated rings. The smallest absolute Gasteiger partial charge is 0.335 e. The van der Waals surface area contributed by atoms with E-state index in [9.17, 15) is 19.2 Å². The van der Waals surface area contributed by atoms with Gasteiger partial charge in [-0.25, -0.2) is 9.59 Å². The van der Waals surface area contributed by atoms with E-state index in [1.807, 2.05) is 0 Å². The average Bonchev–Trinajstić information content (AvgIpc) is 2.99. The number of carboxylic acid groups (broad SMARTS) is 2. The lowest BCUT2D eigenvalue weighted by Crippen LogP contribution is -2.22. The van der Waals surface area contributed by atoms with Gasteiger partial charge in [0.2, 0.25) is 5.91 Å². The molecule has 3 rings (SSSR count). The molecular formula is C20H16N2O6. The van der Waals surface area contributed by atoms with Gasteiger partial charge in [0.15, 0.2) is 0 Å². The first-order valence-corrected chi connectivity index (χ1v) is 8.30. The van der Waals surface area contributed by atoms with E-state index in [4.69, 9.17) is 10.2 Å². The molecule has 8 heteroatoms. The standard InChI is InChI=1S/C20H16N2O6/c1-11-5-6-17(23)22(11)16-4-2-3-12(10-16)18(24)21-15-8-13(19(25)26)7-14(9-15)20(27)28/h2-4,7-10H,1,5-6H2,(H,21,24)(H,25,26)(H,27,28). The van der Waals surface area contributed by atoms with E-state index >= 15 is 0 Å². The van der Waals surface area contributed by atoms with Crippen LogP contribution in [0.3, 0.4) is 0 Å². The number of hydrogen-bond donors (Lipinski definition) is 3. The molecule has 0 aliphatic carbocycles. The molecule has 0 radical (unpaired) electrons. The first-order chi connectivity index (χ1) is 13.3. The fraction of sp³-hybridized carbons (Fsp3) is 0.100. The number of rotatable bonds is 5. The molecule has 3 N–H and O–H groups in total. The third kappa shape index (κ3) is 3.75. The van der Waals surface area contributed by atoms with Crippen LogP contribution in [0.2, 0.25) is 0 Å². The van der Waals surface area contributed by atoms with Crippen molar-refractivity contribution < 1.29 is 29.4 Å². The van der Waals surface area contributed by atoms with Crippen LogP contribution in [0.1, 0.15) is 43.9 Å². The van der Waals surface area contributed by atoms with Crippen LogP contribution in [-0.2, 0) is 4.79 Å². The maximum Gasteiger partial charge on any atom is 0.335 e. The molecule has 2 aromatic rings. The molecule has 2 aromatic carbocycles. The topological polar surface area (TPSA) is 124 Å². The number of benzene rings is 2. The van der Waals surface area contributed by atoms with Crippen molar-refractivity contribution in [2.45, 2.75) is 12.8 Å². The summed E-state index contributed by atoms with van der Waals surface area (Å²) >= 11 is 0. The Hall–Kier alpha value is -3.94. The third-order valence-corrected chi connectivity index (χ3v) is 4.24. The zero-order chi connectivity index (χ0) is 20.4. The molecule has 1 heterocycles. The largest absolute Gasteiger partial charge is 0.478 e. The summed E-state index contributed by atoms with van der Waals surface area (Å²) in [6.07, 6.45) is 0.907. The summed E-state index contributed by atoms with van der Waals surface area (Å²) in [6, 6.07) is 9.68. The van der Waals surface area contributed by atoms with E-state index in [-0.39, 0.29) is 28.3 Å². The number of nitrogens with one attached hydrogen (secondary N) is 1. The summed E-state index contributed by atoms with van der Waals surface area (Å²) < 4.78 is 0. The van der Waals surface area contributed by atoms with Crippen LogP contribution in [0, 0.1) is 0 Å².